The Kier molecular flexibility index (Phi) is 5.76. The first-order valence-corrected chi connectivity index (χ1v) is 8.16. The van der Waals surface area contributed by atoms with Gasteiger partial charge in [-0.15, -0.1) is 11.3 Å². The lowest BCUT2D eigenvalue weighted by molar-refractivity contribution is -0.119. The van der Waals surface area contributed by atoms with Crippen LogP contribution in [0.25, 0.3) is 0 Å². The number of aliphatic hydroxyl groups excluding tert-OH is 1. The van der Waals surface area contributed by atoms with Gasteiger partial charge in [-0.1, -0.05) is 12.8 Å². The molecule has 0 aliphatic heterocycles. The van der Waals surface area contributed by atoms with E-state index >= 15 is 0 Å². The molecular weight excluding hydrogens is 288 g/mol. The third-order valence-corrected chi connectivity index (χ3v) is 4.94. The minimum Gasteiger partial charge on any atom is -0.396 e. The second-order valence-electron chi connectivity index (χ2n) is 5.48. The van der Waals surface area contributed by atoms with Crippen molar-refractivity contribution in [2.24, 2.45) is 5.92 Å². The highest BCUT2D eigenvalue weighted by Gasteiger charge is 2.26. The van der Waals surface area contributed by atoms with Gasteiger partial charge in [0, 0.05) is 30.4 Å². The zero-order valence-corrected chi connectivity index (χ0v) is 13.0. The lowest BCUT2D eigenvalue weighted by Crippen LogP contribution is -2.43. The molecule has 1 aliphatic rings. The van der Waals surface area contributed by atoms with Crippen molar-refractivity contribution in [3.05, 3.63) is 21.9 Å². The van der Waals surface area contributed by atoms with Crippen LogP contribution in [-0.2, 0) is 11.3 Å². The highest BCUT2D eigenvalue weighted by atomic mass is 32.1. The summed E-state index contributed by atoms with van der Waals surface area (Å²) in [5.41, 5.74) is 0. The van der Waals surface area contributed by atoms with Crippen molar-refractivity contribution in [2.75, 3.05) is 6.61 Å². The maximum Gasteiger partial charge on any atom is 0.261 e. The van der Waals surface area contributed by atoms with Crippen molar-refractivity contribution in [3.63, 3.8) is 0 Å². The van der Waals surface area contributed by atoms with Gasteiger partial charge < -0.3 is 15.7 Å². The van der Waals surface area contributed by atoms with Gasteiger partial charge in [0.2, 0.25) is 5.91 Å². The van der Waals surface area contributed by atoms with Crippen LogP contribution in [0.3, 0.4) is 0 Å². The lowest BCUT2D eigenvalue weighted by atomic mass is 9.85. The van der Waals surface area contributed by atoms with Gasteiger partial charge >= 0.3 is 0 Å². The second-order valence-corrected chi connectivity index (χ2v) is 6.65. The van der Waals surface area contributed by atoms with Crippen LogP contribution in [-0.4, -0.2) is 29.6 Å². The standard InChI is InChI=1S/C15H22N2O3S/c1-10(19)16-8-12-6-7-14(21-12)15(20)17-13-5-3-2-4-11(13)9-18/h6-7,11,13,18H,2-5,8-9H2,1H3,(H,16,19)(H,17,20). The lowest BCUT2D eigenvalue weighted by Gasteiger charge is -2.30. The molecule has 6 heteroatoms. The molecule has 2 unspecified atom stereocenters. The number of nitrogens with one attached hydrogen (secondary N) is 2. The van der Waals surface area contributed by atoms with Crippen molar-refractivity contribution in [1.29, 1.82) is 0 Å². The van der Waals surface area contributed by atoms with Crippen LogP contribution >= 0.6 is 11.3 Å². The minimum absolute atomic E-state index is 0.0668. The van der Waals surface area contributed by atoms with Crippen molar-refractivity contribution >= 4 is 23.2 Å². The summed E-state index contributed by atoms with van der Waals surface area (Å²) in [5, 5.41) is 15.1. The van der Waals surface area contributed by atoms with Crippen LogP contribution in [0.4, 0.5) is 0 Å². The highest BCUT2D eigenvalue weighted by Crippen LogP contribution is 2.25. The number of thiophene rings is 1. The Morgan fingerprint density at radius 1 is 1.33 bits per heavy atom. The molecule has 0 bridgehead atoms. The highest BCUT2D eigenvalue weighted by molar-refractivity contribution is 7.14. The molecule has 116 valence electrons. The van der Waals surface area contributed by atoms with E-state index < -0.39 is 0 Å². The molecule has 1 heterocycles. The first-order chi connectivity index (χ1) is 10.1. The van der Waals surface area contributed by atoms with Gasteiger partial charge in [-0.2, -0.15) is 0 Å². The molecule has 2 atom stereocenters. The molecule has 1 aromatic heterocycles. The zero-order valence-electron chi connectivity index (χ0n) is 12.2. The van der Waals surface area contributed by atoms with Gasteiger partial charge in [0.1, 0.15) is 0 Å². The van der Waals surface area contributed by atoms with Gasteiger partial charge in [0.05, 0.1) is 11.4 Å². The quantitative estimate of drug-likeness (QED) is 0.774. The Hall–Kier alpha value is -1.40. The largest absolute Gasteiger partial charge is 0.396 e. The van der Waals surface area contributed by atoms with E-state index in [1.807, 2.05) is 6.07 Å². The van der Waals surface area contributed by atoms with E-state index in [2.05, 4.69) is 10.6 Å². The molecule has 0 radical (unpaired) electrons. The van der Waals surface area contributed by atoms with E-state index in [9.17, 15) is 14.7 Å². The van der Waals surface area contributed by atoms with Gasteiger partial charge in [-0.25, -0.2) is 0 Å². The van der Waals surface area contributed by atoms with Crippen LogP contribution in [0, 0.1) is 5.92 Å². The van der Waals surface area contributed by atoms with Crippen molar-refractivity contribution < 1.29 is 14.7 Å². The van der Waals surface area contributed by atoms with Crippen LogP contribution in [0.5, 0.6) is 0 Å². The monoisotopic (exact) mass is 310 g/mol. The molecule has 1 aromatic rings. The molecular formula is C15H22N2O3S. The fourth-order valence-electron chi connectivity index (χ4n) is 2.66. The Bertz CT molecular complexity index is 501. The van der Waals surface area contributed by atoms with Crippen molar-refractivity contribution in [1.82, 2.24) is 10.6 Å². The second kappa shape index (κ2) is 7.56. The molecule has 1 fully saturated rings. The summed E-state index contributed by atoms with van der Waals surface area (Å²) in [6.07, 6.45) is 4.12. The first-order valence-electron chi connectivity index (χ1n) is 7.35. The Balaban J connectivity index is 1.92. The summed E-state index contributed by atoms with van der Waals surface area (Å²) in [6, 6.07) is 3.71. The van der Waals surface area contributed by atoms with E-state index in [1.54, 1.807) is 6.07 Å². The number of carbonyl (C=O) groups is 2. The van der Waals surface area contributed by atoms with Gasteiger partial charge in [0.25, 0.3) is 5.91 Å². The Morgan fingerprint density at radius 2 is 2.10 bits per heavy atom. The van der Waals surface area contributed by atoms with E-state index in [0.29, 0.717) is 11.4 Å². The fraction of sp³-hybridized carbons (Fsp3) is 0.600. The third-order valence-electron chi connectivity index (χ3n) is 3.86. The average Bonchev–Trinajstić information content (AvgIpc) is 2.94. The summed E-state index contributed by atoms with van der Waals surface area (Å²) in [5.74, 6) is 0.00309. The molecule has 1 saturated carbocycles. The van der Waals surface area contributed by atoms with Gasteiger partial charge in [0.15, 0.2) is 0 Å². The maximum absolute atomic E-state index is 12.3. The van der Waals surface area contributed by atoms with Crippen LogP contribution in [0.1, 0.15) is 47.2 Å². The summed E-state index contributed by atoms with van der Waals surface area (Å²) >= 11 is 1.39. The number of hydrogen-bond acceptors (Lipinski definition) is 4. The molecule has 3 N–H and O–H groups in total. The number of aliphatic hydroxyl groups is 1. The third kappa shape index (κ3) is 4.54. The number of carbonyl (C=O) groups excluding carboxylic acids is 2. The SMILES string of the molecule is CC(=O)NCc1ccc(C(=O)NC2CCCCC2CO)s1. The predicted octanol–water partition coefficient (Wildman–Crippen LogP) is 1.67. The topological polar surface area (TPSA) is 78.4 Å². The summed E-state index contributed by atoms with van der Waals surface area (Å²) < 4.78 is 0. The summed E-state index contributed by atoms with van der Waals surface area (Å²) in [7, 11) is 0. The van der Waals surface area contributed by atoms with Gasteiger partial charge in [-0.05, 0) is 25.0 Å². The molecule has 0 saturated heterocycles. The van der Waals surface area contributed by atoms with Gasteiger partial charge in [-0.3, -0.25) is 9.59 Å². The van der Waals surface area contributed by atoms with Crippen LogP contribution in [0.15, 0.2) is 12.1 Å². The van der Waals surface area contributed by atoms with Crippen molar-refractivity contribution in [2.45, 2.75) is 45.2 Å². The molecule has 0 aromatic carbocycles. The zero-order chi connectivity index (χ0) is 15.2. The minimum atomic E-state index is -0.0839. The molecule has 5 nitrogen and oxygen atoms in total. The van der Waals surface area contributed by atoms with E-state index in [0.717, 1.165) is 30.6 Å². The molecule has 0 spiro atoms. The summed E-state index contributed by atoms with van der Waals surface area (Å²) in [6.45, 7) is 2.05. The molecule has 21 heavy (non-hydrogen) atoms. The molecule has 2 rings (SSSR count). The normalized spacial score (nSPS) is 21.8. The Morgan fingerprint density at radius 3 is 2.81 bits per heavy atom. The van der Waals surface area contributed by atoms with Crippen LogP contribution < -0.4 is 10.6 Å². The summed E-state index contributed by atoms with van der Waals surface area (Å²) in [4.78, 5) is 24.7. The number of rotatable bonds is 5. The van der Waals surface area contributed by atoms with Crippen LogP contribution in [0.2, 0.25) is 0 Å². The smallest absolute Gasteiger partial charge is 0.261 e. The number of amides is 2. The van der Waals surface area contributed by atoms with E-state index in [-0.39, 0.29) is 30.4 Å². The number of hydrogen-bond donors (Lipinski definition) is 3. The fourth-order valence-corrected chi connectivity index (χ4v) is 3.51. The van der Waals surface area contributed by atoms with Crippen molar-refractivity contribution in [3.8, 4) is 0 Å². The maximum atomic E-state index is 12.3. The first kappa shape index (κ1) is 16.0. The molecule has 1 aliphatic carbocycles. The molecule has 2 amide bonds. The van der Waals surface area contributed by atoms with E-state index in [1.165, 1.54) is 18.3 Å². The van der Waals surface area contributed by atoms with E-state index in [4.69, 9.17) is 0 Å². The Labute approximate surface area is 128 Å². The average molecular weight is 310 g/mol. The predicted molar refractivity (Wildman–Crippen MR) is 82.1 cm³/mol.